The average molecular weight is 298 g/mol. The molecular formula is C18H39N3. The van der Waals surface area contributed by atoms with E-state index < -0.39 is 0 Å². The molecule has 0 aromatic rings. The highest BCUT2D eigenvalue weighted by Crippen LogP contribution is 2.41. The van der Waals surface area contributed by atoms with Crippen LogP contribution in [0.15, 0.2) is 0 Å². The zero-order valence-corrected chi connectivity index (χ0v) is 15.4. The number of nitrogens with one attached hydrogen (secondary N) is 1. The molecule has 0 aromatic heterocycles. The molecule has 0 aliphatic heterocycles. The Balaban J connectivity index is 2.40. The lowest BCUT2D eigenvalue weighted by Gasteiger charge is -2.33. The molecule has 0 bridgehead atoms. The van der Waals surface area contributed by atoms with Crippen molar-refractivity contribution in [3.05, 3.63) is 0 Å². The minimum Gasteiger partial charge on any atom is -0.316 e. The molecule has 3 nitrogen and oxygen atoms in total. The summed E-state index contributed by atoms with van der Waals surface area (Å²) in [6.07, 6.45) is 4.04. The first-order chi connectivity index (χ1) is 9.98. The highest BCUT2D eigenvalue weighted by atomic mass is 15.1. The summed E-state index contributed by atoms with van der Waals surface area (Å²) in [5.41, 5.74) is 0.458. The normalized spacial score (nSPS) is 25.1. The summed E-state index contributed by atoms with van der Waals surface area (Å²) in [6, 6.07) is 0.675. The fourth-order valence-electron chi connectivity index (χ4n) is 4.11. The van der Waals surface area contributed by atoms with Crippen LogP contribution in [0.25, 0.3) is 0 Å². The summed E-state index contributed by atoms with van der Waals surface area (Å²) in [5, 5.41) is 3.59. The first-order valence-electron chi connectivity index (χ1n) is 9.10. The second kappa shape index (κ2) is 9.12. The van der Waals surface area contributed by atoms with Gasteiger partial charge in [0.15, 0.2) is 0 Å². The van der Waals surface area contributed by atoms with Gasteiger partial charge < -0.3 is 15.1 Å². The molecule has 1 rings (SSSR count). The summed E-state index contributed by atoms with van der Waals surface area (Å²) in [4.78, 5) is 5.20. The van der Waals surface area contributed by atoms with Crippen molar-refractivity contribution < 1.29 is 0 Å². The third kappa shape index (κ3) is 5.54. The van der Waals surface area contributed by atoms with E-state index >= 15 is 0 Å². The average Bonchev–Trinajstić information content (AvgIpc) is 2.76. The number of hydrogen-bond acceptors (Lipinski definition) is 3. The van der Waals surface area contributed by atoms with Crippen molar-refractivity contribution in [2.75, 3.05) is 46.3 Å². The molecule has 1 aliphatic carbocycles. The maximum absolute atomic E-state index is 3.59. The molecule has 1 aliphatic rings. The van der Waals surface area contributed by atoms with Crippen molar-refractivity contribution in [3.63, 3.8) is 0 Å². The summed E-state index contributed by atoms with van der Waals surface area (Å²) in [5.74, 6) is 0.818. The van der Waals surface area contributed by atoms with Gasteiger partial charge in [-0.05, 0) is 70.4 Å². The van der Waals surface area contributed by atoms with Gasteiger partial charge in [0.1, 0.15) is 0 Å². The van der Waals surface area contributed by atoms with E-state index in [1.54, 1.807) is 0 Å². The Morgan fingerprint density at radius 3 is 2.10 bits per heavy atom. The van der Waals surface area contributed by atoms with E-state index in [-0.39, 0.29) is 0 Å². The van der Waals surface area contributed by atoms with Gasteiger partial charge in [-0.25, -0.2) is 0 Å². The molecule has 1 fully saturated rings. The molecule has 126 valence electrons. The van der Waals surface area contributed by atoms with Crippen molar-refractivity contribution in [3.8, 4) is 0 Å². The van der Waals surface area contributed by atoms with Crippen LogP contribution >= 0.6 is 0 Å². The van der Waals surface area contributed by atoms with Crippen molar-refractivity contribution in [1.82, 2.24) is 15.1 Å². The summed E-state index contributed by atoms with van der Waals surface area (Å²) >= 11 is 0. The quantitative estimate of drug-likeness (QED) is 0.668. The smallest absolute Gasteiger partial charge is 0.0156 e. The van der Waals surface area contributed by atoms with E-state index in [4.69, 9.17) is 0 Å². The van der Waals surface area contributed by atoms with Gasteiger partial charge in [0, 0.05) is 12.6 Å². The fourth-order valence-corrected chi connectivity index (χ4v) is 4.11. The van der Waals surface area contributed by atoms with Gasteiger partial charge in [-0.3, -0.25) is 0 Å². The van der Waals surface area contributed by atoms with Gasteiger partial charge in [-0.2, -0.15) is 0 Å². The lowest BCUT2D eigenvalue weighted by Crippen LogP contribution is -2.44. The molecule has 0 saturated heterocycles. The second-order valence-electron chi connectivity index (χ2n) is 7.33. The SMILES string of the molecule is CCN(CC)CCCN(CC)CC1CCC(C)(C)C1NC. The number of rotatable bonds is 10. The molecule has 0 aromatic carbocycles. The maximum atomic E-state index is 3.59. The van der Waals surface area contributed by atoms with Crippen LogP contribution < -0.4 is 5.32 Å². The largest absolute Gasteiger partial charge is 0.316 e. The molecule has 2 atom stereocenters. The predicted molar refractivity (Wildman–Crippen MR) is 93.9 cm³/mol. The molecule has 1 N–H and O–H groups in total. The monoisotopic (exact) mass is 297 g/mol. The molecule has 0 spiro atoms. The third-order valence-corrected chi connectivity index (χ3v) is 5.57. The first-order valence-corrected chi connectivity index (χ1v) is 9.10. The van der Waals surface area contributed by atoms with E-state index in [0.29, 0.717) is 11.5 Å². The second-order valence-corrected chi connectivity index (χ2v) is 7.33. The van der Waals surface area contributed by atoms with Gasteiger partial charge in [-0.1, -0.05) is 34.6 Å². The molecule has 0 amide bonds. The van der Waals surface area contributed by atoms with Crippen LogP contribution in [0.2, 0.25) is 0 Å². The Bertz CT molecular complexity index is 274. The number of nitrogens with zero attached hydrogens (tertiary/aromatic N) is 2. The molecule has 0 radical (unpaired) electrons. The van der Waals surface area contributed by atoms with E-state index in [1.807, 2.05) is 0 Å². The third-order valence-electron chi connectivity index (χ3n) is 5.57. The lowest BCUT2D eigenvalue weighted by atomic mass is 9.85. The Hall–Kier alpha value is -0.120. The van der Waals surface area contributed by atoms with Crippen LogP contribution in [0.3, 0.4) is 0 Å². The zero-order valence-electron chi connectivity index (χ0n) is 15.4. The van der Waals surface area contributed by atoms with Crippen LogP contribution in [0, 0.1) is 11.3 Å². The Morgan fingerprint density at radius 2 is 1.57 bits per heavy atom. The van der Waals surface area contributed by atoms with E-state index in [0.717, 1.165) is 5.92 Å². The van der Waals surface area contributed by atoms with Crippen molar-refractivity contribution in [1.29, 1.82) is 0 Å². The van der Waals surface area contributed by atoms with Crippen molar-refractivity contribution in [2.45, 2.75) is 59.9 Å². The topological polar surface area (TPSA) is 18.5 Å². The maximum Gasteiger partial charge on any atom is 0.0156 e. The minimum atomic E-state index is 0.458. The standard InChI is InChI=1S/C18H39N3/c1-7-20(8-2)13-10-14-21(9-3)15-16-11-12-18(4,5)17(16)19-6/h16-17,19H,7-15H2,1-6H3. The van der Waals surface area contributed by atoms with Crippen LogP contribution in [-0.4, -0.2) is 62.2 Å². The molecule has 21 heavy (non-hydrogen) atoms. The highest BCUT2D eigenvalue weighted by molar-refractivity contribution is 4.96. The summed E-state index contributed by atoms with van der Waals surface area (Å²) in [6.45, 7) is 19.0. The van der Waals surface area contributed by atoms with Gasteiger partial charge >= 0.3 is 0 Å². The minimum absolute atomic E-state index is 0.458. The van der Waals surface area contributed by atoms with Crippen molar-refractivity contribution >= 4 is 0 Å². The Kier molecular flexibility index (Phi) is 8.22. The van der Waals surface area contributed by atoms with Crippen LogP contribution in [0.4, 0.5) is 0 Å². The molecule has 1 saturated carbocycles. The molecule has 0 heterocycles. The Labute approximate surface area is 133 Å². The van der Waals surface area contributed by atoms with E-state index in [2.05, 4.69) is 56.8 Å². The summed E-state index contributed by atoms with van der Waals surface area (Å²) < 4.78 is 0. The lowest BCUT2D eigenvalue weighted by molar-refractivity contribution is 0.184. The molecule has 2 unspecified atom stereocenters. The number of hydrogen-bond donors (Lipinski definition) is 1. The molecule has 3 heteroatoms. The first kappa shape index (κ1) is 18.9. The van der Waals surface area contributed by atoms with E-state index in [9.17, 15) is 0 Å². The summed E-state index contributed by atoms with van der Waals surface area (Å²) in [7, 11) is 2.14. The van der Waals surface area contributed by atoms with Crippen LogP contribution in [0.5, 0.6) is 0 Å². The van der Waals surface area contributed by atoms with Crippen LogP contribution in [0.1, 0.15) is 53.9 Å². The molecular weight excluding hydrogens is 258 g/mol. The van der Waals surface area contributed by atoms with Gasteiger partial charge in [-0.15, -0.1) is 0 Å². The fraction of sp³-hybridized carbons (Fsp3) is 1.00. The van der Waals surface area contributed by atoms with Gasteiger partial charge in [0.25, 0.3) is 0 Å². The van der Waals surface area contributed by atoms with Crippen molar-refractivity contribution in [2.24, 2.45) is 11.3 Å². The zero-order chi connectivity index (χ0) is 15.9. The van der Waals surface area contributed by atoms with Gasteiger partial charge in [0.05, 0.1) is 0 Å². The Morgan fingerprint density at radius 1 is 1.00 bits per heavy atom. The van der Waals surface area contributed by atoms with E-state index in [1.165, 1.54) is 58.5 Å². The van der Waals surface area contributed by atoms with Gasteiger partial charge in [0.2, 0.25) is 0 Å². The van der Waals surface area contributed by atoms with Crippen LogP contribution in [-0.2, 0) is 0 Å². The highest BCUT2D eigenvalue weighted by Gasteiger charge is 2.41. The predicted octanol–water partition coefficient (Wildman–Crippen LogP) is 3.06.